The van der Waals surface area contributed by atoms with E-state index in [4.69, 9.17) is 4.74 Å². The highest BCUT2D eigenvalue weighted by molar-refractivity contribution is 7.89. The van der Waals surface area contributed by atoms with Gasteiger partial charge >= 0.3 is 0 Å². The number of nitrogens with zero attached hydrogens (tertiary/aromatic N) is 4. The second-order valence-electron chi connectivity index (χ2n) is 12.0. The number of amides is 1. The minimum absolute atomic E-state index is 0.127. The predicted molar refractivity (Wildman–Crippen MR) is 168 cm³/mol. The summed E-state index contributed by atoms with van der Waals surface area (Å²) in [5.41, 5.74) is 6.00. The fourth-order valence-electron chi connectivity index (χ4n) is 6.28. The Morgan fingerprint density at radius 2 is 1.86 bits per heavy atom. The van der Waals surface area contributed by atoms with Crippen molar-refractivity contribution in [1.29, 1.82) is 0 Å². The summed E-state index contributed by atoms with van der Waals surface area (Å²) in [6.07, 6.45) is 0.413. The molecule has 2 atom stereocenters. The van der Waals surface area contributed by atoms with Crippen molar-refractivity contribution in [2.24, 2.45) is 0 Å². The van der Waals surface area contributed by atoms with Crippen LogP contribution in [-0.4, -0.2) is 51.8 Å². The Labute approximate surface area is 254 Å². The summed E-state index contributed by atoms with van der Waals surface area (Å²) < 4.78 is 37.3. The lowest BCUT2D eigenvalue weighted by atomic mass is 9.75. The number of nitrogens with one attached hydrogen (secondary N) is 1. The maximum atomic E-state index is 13.9. The van der Waals surface area contributed by atoms with Crippen molar-refractivity contribution in [2.45, 2.75) is 90.4 Å². The molecule has 10 heteroatoms. The highest BCUT2D eigenvalue weighted by Crippen LogP contribution is 2.40. The maximum Gasteiger partial charge on any atom is 0.247 e. The molecular formula is C33H41N5O4S. The molecule has 0 saturated carbocycles. The maximum absolute atomic E-state index is 13.9. The van der Waals surface area contributed by atoms with Crippen molar-refractivity contribution >= 4 is 27.0 Å². The normalized spacial score (nSPS) is 17.6. The molecule has 1 unspecified atom stereocenters. The van der Waals surface area contributed by atoms with Crippen LogP contribution < -0.4 is 10.1 Å². The number of aryl methyl sites for hydroxylation is 3. The number of fused-ring (bicyclic) bond motifs is 2. The van der Waals surface area contributed by atoms with Gasteiger partial charge in [-0.1, -0.05) is 48.5 Å². The average Bonchev–Trinajstić information content (AvgIpc) is 3.34. The Morgan fingerprint density at radius 1 is 1.12 bits per heavy atom. The third kappa shape index (κ3) is 5.78. The van der Waals surface area contributed by atoms with Gasteiger partial charge in [0.25, 0.3) is 0 Å². The molecule has 43 heavy (non-hydrogen) atoms. The van der Waals surface area contributed by atoms with Gasteiger partial charge in [0.15, 0.2) is 0 Å². The zero-order chi connectivity index (χ0) is 31.1. The number of carbonyl (C=O) groups is 1. The van der Waals surface area contributed by atoms with Crippen LogP contribution in [0.1, 0.15) is 74.8 Å². The summed E-state index contributed by atoms with van der Waals surface area (Å²) in [7, 11) is -3.80. The van der Waals surface area contributed by atoms with E-state index >= 15 is 0 Å². The second kappa shape index (κ2) is 11.7. The fraction of sp³-hybridized carbons (Fsp3) is 0.424. The molecule has 9 nitrogen and oxygen atoms in total. The van der Waals surface area contributed by atoms with Gasteiger partial charge in [0, 0.05) is 31.5 Å². The molecule has 0 bridgehead atoms. The van der Waals surface area contributed by atoms with Gasteiger partial charge in [-0.15, -0.1) is 5.10 Å². The van der Waals surface area contributed by atoms with Crippen LogP contribution in [0.2, 0.25) is 0 Å². The summed E-state index contributed by atoms with van der Waals surface area (Å²) in [5, 5.41) is 12.0. The Morgan fingerprint density at radius 3 is 2.56 bits per heavy atom. The standard InChI is InChI=1S/C33H41N5O4S/c1-8-26-20-37(43(40,41)30-13-11-10-12-29(30)42-26)19-25-18-24(15-14-21(25)3)31(33(6,7)34-23(5)39)27-16-17-28-32(22(27)4)35-36-38(28)9-2/h10-18,26,31H,8-9,19-20H2,1-7H3,(H,34,39)/t26-,31?/m1/s1. The Hall–Kier alpha value is -3.76. The molecular weight excluding hydrogens is 562 g/mol. The van der Waals surface area contributed by atoms with E-state index in [1.54, 1.807) is 24.3 Å². The van der Waals surface area contributed by atoms with Crippen molar-refractivity contribution < 1.29 is 17.9 Å². The van der Waals surface area contributed by atoms with E-state index in [0.29, 0.717) is 18.7 Å². The van der Waals surface area contributed by atoms with Crippen LogP contribution in [0.15, 0.2) is 59.5 Å². The zero-order valence-corrected chi connectivity index (χ0v) is 26.8. The van der Waals surface area contributed by atoms with Crippen molar-refractivity contribution in [2.75, 3.05) is 6.54 Å². The van der Waals surface area contributed by atoms with E-state index in [9.17, 15) is 13.2 Å². The topological polar surface area (TPSA) is 106 Å². The highest BCUT2D eigenvalue weighted by Gasteiger charge is 2.37. The minimum atomic E-state index is -3.80. The third-order valence-corrected chi connectivity index (χ3v) is 10.3. The van der Waals surface area contributed by atoms with Crippen LogP contribution in [0.5, 0.6) is 5.75 Å². The lowest BCUT2D eigenvalue weighted by molar-refractivity contribution is -0.120. The molecule has 228 valence electrons. The van der Waals surface area contributed by atoms with E-state index < -0.39 is 15.6 Å². The summed E-state index contributed by atoms with van der Waals surface area (Å²) in [6, 6.07) is 17.2. The van der Waals surface area contributed by atoms with E-state index in [1.807, 2.05) is 58.4 Å². The SMILES string of the molecule is CC[C@@H]1CN(Cc2cc(C(c3ccc4c(nnn4CC)c3C)C(C)(C)NC(C)=O)ccc2C)S(=O)(=O)c2ccccc2O1. The number of sulfonamides is 1. The van der Waals surface area contributed by atoms with E-state index in [2.05, 4.69) is 33.8 Å². The molecule has 1 aliphatic rings. The number of carbonyl (C=O) groups excluding carboxylic acids is 1. The molecule has 1 aliphatic heterocycles. The lowest BCUT2D eigenvalue weighted by Gasteiger charge is -2.37. The second-order valence-corrected chi connectivity index (χ2v) is 13.9. The number of hydrogen-bond acceptors (Lipinski definition) is 6. The van der Waals surface area contributed by atoms with Crippen LogP contribution in [0.25, 0.3) is 11.0 Å². The number of hydrogen-bond donors (Lipinski definition) is 1. The predicted octanol–water partition coefficient (Wildman–Crippen LogP) is 5.48. The molecule has 1 aromatic heterocycles. The van der Waals surface area contributed by atoms with Gasteiger partial charge in [0.05, 0.1) is 12.1 Å². The number of ether oxygens (including phenoxy) is 1. The first-order chi connectivity index (χ1) is 20.4. The molecule has 1 N–H and O–H groups in total. The molecule has 2 heterocycles. The van der Waals surface area contributed by atoms with Crippen LogP contribution in [0, 0.1) is 13.8 Å². The Balaban J connectivity index is 1.62. The average molecular weight is 604 g/mol. The van der Waals surface area contributed by atoms with Crippen LogP contribution in [0.4, 0.5) is 0 Å². The van der Waals surface area contributed by atoms with Crippen LogP contribution >= 0.6 is 0 Å². The smallest absolute Gasteiger partial charge is 0.247 e. The van der Waals surface area contributed by atoms with Gasteiger partial charge in [-0.25, -0.2) is 13.1 Å². The van der Waals surface area contributed by atoms with E-state index in [-0.39, 0.29) is 35.9 Å². The van der Waals surface area contributed by atoms with Gasteiger partial charge < -0.3 is 10.1 Å². The largest absolute Gasteiger partial charge is 0.488 e. The quantitative estimate of drug-likeness (QED) is 0.286. The third-order valence-electron chi connectivity index (χ3n) is 8.49. The fourth-order valence-corrected chi connectivity index (χ4v) is 7.85. The number of benzene rings is 3. The number of rotatable bonds is 8. The summed E-state index contributed by atoms with van der Waals surface area (Å²) >= 11 is 0. The van der Waals surface area contributed by atoms with Gasteiger partial charge in [0.1, 0.15) is 22.3 Å². The van der Waals surface area contributed by atoms with Crippen molar-refractivity contribution in [1.82, 2.24) is 24.6 Å². The van der Waals surface area contributed by atoms with Crippen molar-refractivity contribution in [3.63, 3.8) is 0 Å². The van der Waals surface area contributed by atoms with E-state index in [1.165, 1.54) is 11.2 Å². The molecule has 1 amide bonds. The molecule has 0 saturated heterocycles. The van der Waals surface area contributed by atoms with Gasteiger partial charge in [0.2, 0.25) is 15.9 Å². The first-order valence-corrected chi connectivity index (χ1v) is 16.3. The summed E-state index contributed by atoms with van der Waals surface area (Å²) in [4.78, 5) is 12.6. The summed E-state index contributed by atoms with van der Waals surface area (Å²) in [6.45, 7) is 14.8. The molecule has 5 rings (SSSR count). The number of para-hydroxylation sites is 1. The lowest BCUT2D eigenvalue weighted by Crippen LogP contribution is -2.47. The molecule has 0 fully saturated rings. The van der Waals surface area contributed by atoms with Crippen LogP contribution in [-0.2, 0) is 27.9 Å². The minimum Gasteiger partial charge on any atom is -0.488 e. The first-order valence-electron chi connectivity index (χ1n) is 14.8. The number of aromatic nitrogens is 3. The first kappa shape index (κ1) is 30.7. The Bertz CT molecular complexity index is 1780. The molecule has 0 radical (unpaired) electrons. The van der Waals surface area contributed by atoms with Gasteiger partial charge in [-0.2, -0.15) is 4.31 Å². The monoisotopic (exact) mass is 603 g/mol. The highest BCUT2D eigenvalue weighted by atomic mass is 32.2. The zero-order valence-electron chi connectivity index (χ0n) is 26.0. The molecule has 3 aromatic carbocycles. The molecule has 0 spiro atoms. The van der Waals surface area contributed by atoms with Crippen molar-refractivity contribution in [3.8, 4) is 5.75 Å². The Kier molecular flexibility index (Phi) is 8.37. The van der Waals surface area contributed by atoms with Crippen molar-refractivity contribution in [3.05, 3.63) is 82.4 Å². The van der Waals surface area contributed by atoms with Crippen LogP contribution in [0.3, 0.4) is 0 Å². The van der Waals surface area contributed by atoms with Gasteiger partial charge in [-0.3, -0.25) is 4.79 Å². The van der Waals surface area contributed by atoms with E-state index in [0.717, 1.165) is 38.9 Å². The summed E-state index contributed by atoms with van der Waals surface area (Å²) in [5.74, 6) is 0.0170. The molecule has 4 aromatic rings. The molecule has 0 aliphatic carbocycles. The van der Waals surface area contributed by atoms with Gasteiger partial charge in [-0.05, 0) is 87.1 Å².